The first-order valence-electron chi connectivity index (χ1n) is 6.06. The summed E-state index contributed by atoms with van der Waals surface area (Å²) >= 11 is 3.34. The molecule has 98 valence electrons. The molecule has 0 fully saturated rings. The molecule has 0 aliphatic rings. The van der Waals surface area contributed by atoms with Crippen molar-refractivity contribution in [1.82, 2.24) is 9.55 Å². The van der Waals surface area contributed by atoms with Gasteiger partial charge in [-0.3, -0.25) is 0 Å². The molecule has 2 rings (SSSR count). The van der Waals surface area contributed by atoms with Crippen molar-refractivity contribution in [3.8, 4) is 11.8 Å². The zero-order valence-electron chi connectivity index (χ0n) is 10.6. The van der Waals surface area contributed by atoms with E-state index >= 15 is 0 Å². The van der Waals surface area contributed by atoms with Gasteiger partial charge in [-0.2, -0.15) is 5.26 Å². The number of halogens is 1. The van der Waals surface area contributed by atoms with Crippen LogP contribution in [0.25, 0.3) is 0 Å². The van der Waals surface area contributed by atoms with Crippen molar-refractivity contribution in [2.24, 2.45) is 0 Å². The first-order chi connectivity index (χ1) is 9.24. The molecule has 0 saturated carbocycles. The fourth-order valence-electron chi connectivity index (χ4n) is 1.78. The summed E-state index contributed by atoms with van der Waals surface area (Å²) in [6.45, 7) is 3.45. The molecule has 19 heavy (non-hydrogen) atoms. The molecule has 0 saturated heterocycles. The van der Waals surface area contributed by atoms with Crippen LogP contribution in [0.4, 0.5) is 0 Å². The van der Waals surface area contributed by atoms with Gasteiger partial charge in [-0.05, 0) is 24.6 Å². The Morgan fingerprint density at radius 2 is 2.32 bits per heavy atom. The molecule has 1 aromatic carbocycles. The van der Waals surface area contributed by atoms with Crippen LogP contribution in [0.1, 0.15) is 24.6 Å². The van der Waals surface area contributed by atoms with E-state index in [-0.39, 0.29) is 0 Å². The Morgan fingerprint density at radius 3 is 3.05 bits per heavy atom. The topological polar surface area (TPSA) is 50.8 Å². The third-order valence-corrected chi connectivity index (χ3v) is 3.19. The Balaban J connectivity index is 2.10. The number of nitriles is 1. The van der Waals surface area contributed by atoms with Gasteiger partial charge >= 0.3 is 0 Å². The average Bonchev–Trinajstić information content (AvgIpc) is 2.85. The van der Waals surface area contributed by atoms with E-state index in [9.17, 15) is 0 Å². The zero-order valence-corrected chi connectivity index (χ0v) is 12.2. The predicted octanol–water partition coefficient (Wildman–Crippen LogP) is 3.51. The van der Waals surface area contributed by atoms with E-state index in [1.165, 1.54) is 0 Å². The number of ether oxygens (including phenoxy) is 1. The molecule has 0 radical (unpaired) electrons. The van der Waals surface area contributed by atoms with Crippen LogP contribution in [0.5, 0.6) is 5.75 Å². The van der Waals surface area contributed by atoms with Crippen LogP contribution in [-0.4, -0.2) is 9.55 Å². The molecule has 5 heteroatoms. The van der Waals surface area contributed by atoms with Crippen LogP contribution in [-0.2, 0) is 13.2 Å². The molecule has 0 aliphatic carbocycles. The molecule has 1 heterocycles. The van der Waals surface area contributed by atoms with E-state index < -0.39 is 0 Å². The maximum Gasteiger partial charge on any atom is 0.137 e. The summed E-state index contributed by atoms with van der Waals surface area (Å²) in [6.07, 6.45) is 4.64. The lowest BCUT2D eigenvalue weighted by molar-refractivity contribution is 0.293. The van der Waals surface area contributed by atoms with Crippen molar-refractivity contribution in [3.63, 3.8) is 0 Å². The van der Waals surface area contributed by atoms with Gasteiger partial charge in [0.1, 0.15) is 18.4 Å². The number of aromatic nitrogens is 2. The van der Waals surface area contributed by atoms with Crippen LogP contribution < -0.4 is 4.74 Å². The number of hydrogen-bond acceptors (Lipinski definition) is 3. The molecule has 0 spiro atoms. The SMILES string of the molecule is CCCn1cncc1COc1ccc(Br)cc1C#N. The minimum atomic E-state index is 0.413. The van der Waals surface area contributed by atoms with E-state index in [2.05, 4.69) is 38.5 Å². The van der Waals surface area contributed by atoms with E-state index in [1.54, 1.807) is 24.7 Å². The molecule has 2 aromatic rings. The fourth-order valence-corrected chi connectivity index (χ4v) is 2.14. The second-order valence-electron chi connectivity index (χ2n) is 4.12. The van der Waals surface area contributed by atoms with Gasteiger partial charge in [0.15, 0.2) is 0 Å². The third-order valence-electron chi connectivity index (χ3n) is 2.70. The van der Waals surface area contributed by atoms with Crippen LogP contribution in [0.2, 0.25) is 0 Å². The fraction of sp³-hybridized carbons (Fsp3) is 0.286. The molecular weight excluding hydrogens is 306 g/mol. The maximum absolute atomic E-state index is 9.07. The number of aryl methyl sites for hydroxylation is 1. The molecule has 0 N–H and O–H groups in total. The molecule has 0 aliphatic heterocycles. The predicted molar refractivity (Wildman–Crippen MR) is 75.7 cm³/mol. The van der Waals surface area contributed by atoms with Gasteiger partial charge in [0.25, 0.3) is 0 Å². The Morgan fingerprint density at radius 1 is 1.47 bits per heavy atom. The number of imidazole rings is 1. The van der Waals surface area contributed by atoms with Crippen LogP contribution in [0.15, 0.2) is 35.2 Å². The van der Waals surface area contributed by atoms with Crippen molar-refractivity contribution in [2.45, 2.75) is 26.5 Å². The van der Waals surface area contributed by atoms with E-state index in [4.69, 9.17) is 10.00 Å². The minimum Gasteiger partial charge on any atom is -0.486 e. The molecule has 0 atom stereocenters. The van der Waals surface area contributed by atoms with Gasteiger partial charge in [-0.1, -0.05) is 22.9 Å². The molecule has 0 amide bonds. The molecule has 0 bridgehead atoms. The Hall–Kier alpha value is -1.80. The highest BCUT2D eigenvalue weighted by Crippen LogP contribution is 2.23. The normalized spacial score (nSPS) is 10.2. The largest absolute Gasteiger partial charge is 0.486 e. The lowest BCUT2D eigenvalue weighted by atomic mass is 10.2. The lowest BCUT2D eigenvalue weighted by Crippen LogP contribution is -2.05. The lowest BCUT2D eigenvalue weighted by Gasteiger charge is -2.10. The van der Waals surface area contributed by atoms with Crippen molar-refractivity contribution >= 4 is 15.9 Å². The van der Waals surface area contributed by atoms with Gasteiger partial charge < -0.3 is 9.30 Å². The second-order valence-corrected chi connectivity index (χ2v) is 5.04. The summed E-state index contributed by atoms with van der Waals surface area (Å²) in [5.41, 5.74) is 1.53. The van der Waals surface area contributed by atoms with Gasteiger partial charge in [0.2, 0.25) is 0 Å². The number of hydrogen-bond donors (Lipinski definition) is 0. The first kappa shape index (κ1) is 13.6. The molecular formula is C14H14BrN3O. The van der Waals surface area contributed by atoms with E-state index in [1.807, 2.05) is 6.07 Å². The molecule has 0 unspecified atom stereocenters. The Kier molecular flexibility index (Phi) is 4.58. The highest BCUT2D eigenvalue weighted by molar-refractivity contribution is 9.10. The van der Waals surface area contributed by atoms with Crippen molar-refractivity contribution < 1.29 is 4.74 Å². The van der Waals surface area contributed by atoms with Crippen LogP contribution >= 0.6 is 15.9 Å². The van der Waals surface area contributed by atoms with E-state index in [0.29, 0.717) is 17.9 Å². The van der Waals surface area contributed by atoms with Crippen LogP contribution in [0.3, 0.4) is 0 Å². The molecule has 4 nitrogen and oxygen atoms in total. The van der Waals surface area contributed by atoms with Crippen LogP contribution in [0, 0.1) is 11.3 Å². The number of benzene rings is 1. The number of nitrogens with zero attached hydrogens (tertiary/aromatic N) is 3. The van der Waals surface area contributed by atoms with Gasteiger partial charge in [-0.15, -0.1) is 0 Å². The minimum absolute atomic E-state index is 0.413. The Bertz CT molecular complexity index is 601. The summed E-state index contributed by atoms with van der Waals surface area (Å²) in [4.78, 5) is 4.12. The summed E-state index contributed by atoms with van der Waals surface area (Å²) in [7, 11) is 0. The zero-order chi connectivity index (χ0) is 13.7. The quantitative estimate of drug-likeness (QED) is 0.847. The second kappa shape index (κ2) is 6.39. The number of rotatable bonds is 5. The summed E-state index contributed by atoms with van der Waals surface area (Å²) in [6, 6.07) is 7.53. The average molecular weight is 320 g/mol. The van der Waals surface area contributed by atoms with Gasteiger partial charge in [-0.25, -0.2) is 4.98 Å². The van der Waals surface area contributed by atoms with Gasteiger partial charge in [0.05, 0.1) is 23.8 Å². The monoisotopic (exact) mass is 319 g/mol. The standard InChI is InChI=1S/C14H14BrN3O/c1-2-5-18-10-17-8-13(18)9-19-14-4-3-12(15)6-11(14)7-16/h3-4,6,8,10H,2,5,9H2,1H3. The third kappa shape index (κ3) is 3.36. The summed E-state index contributed by atoms with van der Waals surface area (Å²) in [5.74, 6) is 0.593. The summed E-state index contributed by atoms with van der Waals surface area (Å²) in [5, 5.41) is 9.07. The first-order valence-corrected chi connectivity index (χ1v) is 6.85. The van der Waals surface area contributed by atoms with Gasteiger partial charge in [0, 0.05) is 11.0 Å². The Labute approximate surface area is 120 Å². The maximum atomic E-state index is 9.07. The molecule has 1 aromatic heterocycles. The van der Waals surface area contributed by atoms with Crippen molar-refractivity contribution in [1.29, 1.82) is 5.26 Å². The van der Waals surface area contributed by atoms with Crippen molar-refractivity contribution in [3.05, 3.63) is 46.5 Å². The highest BCUT2D eigenvalue weighted by Gasteiger charge is 2.06. The van der Waals surface area contributed by atoms with Crippen molar-refractivity contribution in [2.75, 3.05) is 0 Å². The highest BCUT2D eigenvalue weighted by atomic mass is 79.9. The smallest absolute Gasteiger partial charge is 0.137 e. The van der Waals surface area contributed by atoms with E-state index in [0.717, 1.165) is 23.1 Å². The summed E-state index contributed by atoms with van der Waals surface area (Å²) < 4.78 is 8.64.